The lowest BCUT2D eigenvalue weighted by Crippen LogP contribution is -2.26. The van der Waals surface area contributed by atoms with Gasteiger partial charge in [0.1, 0.15) is 0 Å². The zero-order chi connectivity index (χ0) is 15.7. The first-order valence-corrected chi connectivity index (χ1v) is 7.67. The highest BCUT2D eigenvalue weighted by Crippen LogP contribution is 2.14. The molecule has 0 fully saturated rings. The minimum absolute atomic E-state index is 0.00848. The molecule has 6 heteroatoms. The van der Waals surface area contributed by atoms with Crippen LogP contribution in [0.25, 0.3) is 10.9 Å². The molecule has 0 saturated heterocycles. The highest BCUT2D eigenvalue weighted by molar-refractivity contribution is 9.10. The van der Waals surface area contributed by atoms with Gasteiger partial charge < -0.3 is 0 Å². The molecule has 0 amide bonds. The summed E-state index contributed by atoms with van der Waals surface area (Å²) in [6.07, 6.45) is 0. The molecule has 0 aliphatic rings. The third kappa shape index (κ3) is 2.82. The molecule has 0 N–H and O–H groups in total. The number of benzene rings is 2. The van der Waals surface area contributed by atoms with Crippen LogP contribution in [-0.2, 0) is 6.54 Å². The number of aromatic nitrogens is 2. The van der Waals surface area contributed by atoms with Crippen molar-refractivity contribution in [2.24, 2.45) is 0 Å². The minimum Gasteiger partial charge on any atom is -0.292 e. The number of para-hydroxylation sites is 1. The molecule has 0 radical (unpaired) electrons. The van der Waals surface area contributed by atoms with Gasteiger partial charge in [-0.3, -0.25) is 14.2 Å². The quantitative estimate of drug-likeness (QED) is 0.516. The molecule has 22 heavy (non-hydrogen) atoms. The largest absolute Gasteiger partial charge is 0.292 e. The van der Waals surface area contributed by atoms with Crippen molar-refractivity contribution >= 4 is 44.2 Å². The first-order valence-electron chi connectivity index (χ1n) is 6.50. The van der Waals surface area contributed by atoms with E-state index in [-0.39, 0.29) is 23.2 Å². The van der Waals surface area contributed by atoms with Gasteiger partial charge in [-0.2, -0.15) is 0 Å². The third-order valence-electron chi connectivity index (χ3n) is 3.28. The molecule has 0 saturated carbocycles. The van der Waals surface area contributed by atoms with Gasteiger partial charge in [0.2, 0.25) is 5.28 Å². The van der Waals surface area contributed by atoms with Crippen LogP contribution in [0.15, 0.2) is 57.8 Å². The average molecular weight is 378 g/mol. The Labute approximate surface area is 139 Å². The van der Waals surface area contributed by atoms with Gasteiger partial charge in [0.25, 0.3) is 5.56 Å². The van der Waals surface area contributed by atoms with Crippen molar-refractivity contribution in [2.45, 2.75) is 6.54 Å². The van der Waals surface area contributed by atoms with Crippen LogP contribution in [0.3, 0.4) is 0 Å². The van der Waals surface area contributed by atoms with Crippen molar-refractivity contribution in [3.63, 3.8) is 0 Å². The van der Waals surface area contributed by atoms with Gasteiger partial charge in [0.05, 0.1) is 17.4 Å². The van der Waals surface area contributed by atoms with Crippen molar-refractivity contribution in [3.8, 4) is 0 Å². The molecule has 3 rings (SSSR count). The number of Topliss-reactive ketones (excluding diaryl/α,β-unsaturated/α-hetero) is 1. The van der Waals surface area contributed by atoms with Crippen LogP contribution >= 0.6 is 27.5 Å². The lowest BCUT2D eigenvalue weighted by atomic mass is 10.1. The molecule has 0 unspecified atom stereocenters. The summed E-state index contributed by atoms with van der Waals surface area (Å²) in [5, 5.41) is 0.449. The summed E-state index contributed by atoms with van der Waals surface area (Å²) in [5.41, 5.74) is 0.713. The van der Waals surface area contributed by atoms with Crippen molar-refractivity contribution in [1.82, 2.24) is 9.55 Å². The van der Waals surface area contributed by atoms with E-state index in [0.717, 1.165) is 4.47 Å². The van der Waals surface area contributed by atoms with Gasteiger partial charge in [-0.15, -0.1) is 0 Å². The fourth-order valence-electron chi connectivity index (χ4n) is 2.15. The molecule has 0 bridgehead atoms. The van der Waals surface area contributed by atoms with Crippen LogP contribution in [-0.4, -0.2) is 15.3 Å². The van der Waals surface area contributed by atoms with E-state index in [0.29, 0.717) is 16.5 Å². The van der Waals surface area contributed by atoms with Crippen LogP contribution in [0.4, 0.5) is 0 Å². The summed E-state index contributed by atoms with van der Waals surface area (Å²) >= 11 is 9.37. The molecule has 0 spiro atoms. The summed E-state index contributed by atoms with van der Waals surface area (Å²) in [4.78, 5) is 28.9. The molecular weight excluding hydrogens is 368 g/mol. The lowest BCUT2D eigenvalue weighted by Gasteiger charge is -2.08. The molecular formula is C16H10BrClN2O2. The Morgan fingerprint density at radius 2 is 1.82 bits per heavy atom. The molecule has 4 nitrogen and oxygen atoms in total. The predicted octanol–water partition coefficient (Wildman–Crippen LogP) is 3.70. The number of fused-ring (bicyclic) bond motifs is 1. The zero-order valence-electron chi connectivity index (χ0n) is 11.3. The number of carbonyl (C=O) groups excluding carboxylic acids is 1. The van der Waals surface area contributed by atoms with E-state index in [9.17, 15) is 9.59 Å². The van der Waals surface area contributed by atoms with Gasteiger partial charge in [0, 0.05) is 10.0 Å². The number of ketones is 1. The second-order valence-electron chi connectivity index (χ2n) is 4.72. The average Bonchev–Trinajstić information content (AvgIpc) is 2.52. The van der Waals surface area contributed by atoms with E-state index in [1.165, 1.54) is 4.57 Å². The van der Waals surface area contributed by atoms with Crippen molar-refractivity contribution in [2.75, 3.05) is 0 Å². The van der Waals surface area contributed by atoms with Crippen LogP contribution in [0.5, 0.6) is 0 Å². The van der Waals surface area contributed by atoms with E-state index in [4.69, 9.17) is 11.6 Å². The first kappa shape index (κ1) is 14.9. The highest BCUT2D eigenvalue weighted by Gasteiger charge is 2.13. The van der Waals surface area contributed by atoms with Gasteiger partial charge >= 0.3 is 0 Å². The summed E-state index contributed by atoms with van der Waals surface area (Å²) < 4.78 is 2.07. The van der Waals surface area contributed by atoms with Gasteiger partial charge in [-0.1, -0.05) is 40.2 Å². The molecule has 1 aromatic heterocycles. The van der Waals surface area contributed by atoms with Crippen molar-refractivity contribution in [3.05, 3.63) is 74.2 Å². The second kappa shape index (κ2) is 6.02. The lowest BCUT2D eigenvalue weighted by molar-refractivity contribution is 0.0970. The third-order valence-corrected chi connectivity index (χ3v) is 4.10. The normalized spacial score (nSPS) is 10.8. The van der Waals surface area contributed by atoms with Crippen LogP contribution in [0, 0.1) is 0 Å². The summed E-state index contributed by atoms with van der Waals surface area (Å²) in [6.45, 7) is -0.142. The van der Waals surface area contributed by atoms with E-state index in [1.54, 1.807) is 48.5 Å². The maximum atomic E-state index is 12.4. The van der Waals surface area contributed by atoms with E-state index in [1.807, 2.05) is 0 Å². The predicted molar refractivity (Wildman–Crippen MR) is 89.5 cm³/mol. The molecule has 2 aromatic carbocycles. The Hall–Kier alpha value is -1.98. The number of hydrogen-bond donors (Lipinski definition) is 0. The molecule has 110 valence electrons. The number of nitrogens with zero attached hydrogens (tertiary/aromatic N) is 2. The van der Waals surface area contributed by atoms with E-state index < -0.39 is 0 Å². The SMILES string of the molecule is O=C(Cn1c(Cl)nc2ccccc2c1=O)c1ccc(Br)cc1. The Bertz CT molecular complexity index is 920. The topological polar surface area (TPSA) is 52.0 Å². The van der Waals surface area contributed by atoms with Crippen molar-refractivity contribution < 1.29 is 4.79 Å². The molecule has 3 aromatic rings. The maximum absolute atomic E-state index is 12.4. The first-order chi connectivity index (χ1) is 10.6. The van der Waals surface area contributed by atoms with E-state index >= 15 is 0 Å². The maximum Gasteiger partial charge on any atom is 0.262 e. The van der Waals surface area contributed by atoms with Crippen molar-refractivity contribution in [1.29, 1.82) is 0 Å². The second-order valence-corrected chi connectivity index (χ2v) is 5.97. The number of hydrogen-bond acceptors (Lipinski definition) is 3. The Balaban J connectivity index is 2.02. The van der Waals surface area contributed by atoms with Gasteiger partial charge in [-0.25, -0.2) is 4.98 Å². The van der Waals surface area contributed by atoms with E-state index in [2.05, 4.69) is 20.9 Å². The molecule has 0 aliphatic carbocycles. The van der Waals surface area contributed by atoms with Gasteiger partial charge in [0.15, 0.2) is 5.78 Å². The standard InChI is InChI=1S/C16H10BrClN2O2/c17-11-7-5-10(6-8-11)14(21)9-20-15(22)12-3-1-2-4-13(12)19-16(20)18/h1-8H,9H2. The molecule has 0 aliphatic heterocycles. The number of halogens is 2. The molecule has 0 atom stereocenters. The minimum atomic E-state index is -0.318. The Kier molecular flexibility index (Phi) is 4.09. The fraction of sp³-hybridized carbons (Fsp3) is 0.0625. The summed E-state index contributed by atoms with van der Waals surface area (Å²) in [5.74, 6) is -0.200. The monoisotopic (exact) mass is 376 g/mol. The van der Waals surface area contributed by atoms with Gasteiger partial charge in [-0.05, 0) is 35.9 Å². The highest BCUT2D eigenvalue weighted by atomic mass is 79.9. The Morgan fingerprint density at radius 3 is 2.55 bits per heavy atom. The summed E-state index contributed by atoms with van der Waals surface area (Å²) in [6, 6.07) is 13.8. The smallest absolute Gasteiger partial charge is 0.262 e. The zero-order valence-corrected chi connectivity index (χ0v) is 13.6. The number of rotatable bonds is 3. The van der Waals surface area contributed by atoms with Crippen LogP contribution in [0.1, 0.15) is 10.4 Å². The summed E-state index contributed by atoms with van der Waals surface area (Å²) in [7, 11) is 0. The Morgan fingerprint density at radius 1 is 1.14 bits per heavy atom. The van der Waals surface area contributed by atoms with Crippen LogP contribution in [0.2, 0.25) is 5.28 Å². The molecule has 1 heterocycles. The van der Waals surface area contributed by atoms with Crippen LogP contribution < -0.4 is 5.56 Å². The fourth-order valence-corrected chi connectivity index (χ4v) is 2.64. The number of carbonyl (C=O) groups is 1.